The summed E-state index contributed by atoms with van der Waals surface area (Å²) >= 11 is 0. The second kappa shape index (κ2) is 11.5. The number of hydrogen-bond acceptors (Lipinski definition) is 0. The molecule has 0 aliphatic heterocycles. The molecule has 0 heterocycles. The summed E-state index contributed by atoms with van der Waals surface area (Å²) in [6.07, 6.45) is 1.14. The van der Waals surface area contributed by atoms with E-state index >= 15 is 0 Å². The summed E-state index contributed by atoms with van der Waals surface area (Å²) in [5.74, 6) is 0.659. The highest BCUT2D eigenvalue weighted by molar-refractivity contribution is 5.17. The Morgan fingerprint density at radius 2 is 1.16 bits per heavy atom. The number of rotatable bonds is 2. The van der Waals surface area contributed by atoms with Crippen LogP contribution >= 0.6 is 0 Å². The Bertz CT molecular complexity index is 387. The smallest absolute Gasteiger partial charge is 0.0219 e. The van der Waals surface area contributed by atoms with Crippen molar-refractivity contribution in [3.05, 3.63) is 71.8 Å². The van der Waals surface area contributed by atoms with E-state index in [4.69, 9.17) is 0 Å². The van der Waals surface area contributed by atoms with Crippen molar-refractivity contribution in [3.63, 3.8) is 0 Å². The molecule has 0 N–H and O–H groups in total. The summed E-state index contributed by atoms with van der Waals surface area (Å²) in [5.41, 5.74) is 2.82. The highest BCUT2D eigenvalue weighted by Gasteiger charge is 1.93. The largest absolute Gasteiger partial charge is 0.0683 e. The van der Waals surface area contributed by atoms with Crippen LogP contribution in [0, 0.1) is 0 Å². The summed E-state index contributed by atoms with van der Waals surface area (Å²) in [4.78, 5) is 0. The van der Waals surface area contributed by atoms with Crippen LogP contribution in [-0.2, 0) is 6.42 Å². The molecule has 0 nitrogen and oxygen atoms in total. The van der Waals surface area contributed by atoms with E-state index in [2.05, 4.69) is 69.3 Å². The fourth-order valence-electron chi connectivity index (χ4n) is 1.55. The monoisotopic (exact) mass is 256 g/mol. The molecule has 104 valence electrons. The lowest BCUT2D eigenvalue weighted by Gasteiger charge is -2.01. The Morgan fingerprint density at radius 3 is 1.42 bits per heavy atom. The minimum absolute atomic E-state index is 0.659. The number of benzene rings is 2. The summed E-state index contributed by atoms with van der Waals surface area (Å²) in [7, 11) is 0. The molecule has 0 aliphatic rings. The maximum absolute atomic E-state index is 2.20. The molecule has 2 aromatic rings. The third-order valence-corrected chi connectivity index (χ3v) is 2.72. The molecule has 0 heteroatoms. The van der Waals surface area contributed by atoms with Crippen LogP contribution in [0.15, 0.2) is 60.7 Å². The van der Waals surface area contributed by atoms with Gasteiger partial charge in [-0.1, -0.05) is 95.3 Å². The van der Waals surface area contributed by atoms with Crippen molar-refractivity contribution in [1.82, 2.24) is 0 Å². The fourth-order valence-corrected chi connectivity index (χ4v) is 1.55. The lowest BCUT2D eigenvalue weighted by atomic mass is 10.0. The van der Waals surface area contributed by atoms with Crippen molar-refractivity contribution in [2.45, 2.75) is 47.0 Å². The summed E-state index contributed by atoms with van der Waals surface area (Å²) in [6, 6.07) is 21.0. The average Bonchev–Trinajstić information content (AvgIpc) is 2.51. The normalized spacial score (nSPS) is 8.95. The lowest BCUT2D eigenvalue weighted by Crippen LogP contribution is -1.83. The van der Waals surface area contributed by atoms with Crippen molar-refractivity contribution < 1.29 is 0 Å². The highest BCUT2D eigenvalue weighted by Crippen LogP contribution is 2.11. The average molecular weight is 256 g/mol. The van der Waals surface area contributed by atoms with Gasteiger partial charge in [-0.2, -0.15) is 0 Å². The van der Waals surface area contributed by atoms with E-state index in [0.717, 1.165) is 6.42 Å². The predicted molar refractivity (Wildman–Crippen MR) is 87.7 cm³/mol. The standard InChI is InChI=1S/C9H12.C8H10.C2H6/c1-8(2)9-6-4-3-5-7-9;1-2-8-6-4-3-5-7-8;1-2/h3-8H,1-2H3;3-7H,2H2,1H3;1-2H3. The van der Waals surface area contributed by atoms with Crippen molar-refractivity contribution in [3.8, 4) is 0 Å². The molecule has 19 heavy (non-hydrogen) atoms. The van der Waals surface area contributed by atoms with E-state index in [1.54, 1.807) is 0 Å². The van der Waals surface area contributed by atoms with Crippen LogP contribution in [0.5, 0.6) is 0 Å². The Balaban J connectivity index is 0.000000303. The Kier molecular flexibility index (Phi) is 10.6. The van der Waals surface area contributed by atoms with Gasteiger partial charge in [0.2, 0.25) is 0 Å². The maximum Gasteiger partial charge on any atom is -0.0219 e. The molecular formula is C19H28. The topological polar surface area (TPSA) is 0 Å². The van der Waals surface area contributed by atoms with E-state index in [9.17, 15) is 0 Å². The zero-order valence-electron chi connectivity index (χ0n) is 13.1. The van der Waals surface area contributed by atoms with Gasteiger partial charge in [0.25, 0.3) is 0 Å². The second-order valence-corrected chi connectivity index (χ2v) is 4.40. The molecule has 0 spiro atoms. The zero-order chi connectivity index (χ0) is 14.5. The van der Waals surface area contributed by atoms with Gasteiger partial charge in [0.15, 0.2) is 0 Å². The zero-order valence-corrected chi connectivity index (χ0v) is 13.1. The number of hydrogen-bond donors (Lipinski definition) is 0. The van der Waals surface area contributed by atoms with Gasteiger partial charge >= 0.3 is 0 Å². The summed E-state index contributed by atoms with van der Waals surface area (Å²) in [5, 5.41) is 0. The minimum atomic E-state index is 0.659. The summed E-state index contributed by atoms with van der Waals surface area (Å²) < 4.78 is 0. The maximum atomic E-state index is 2.20. The highest BCUT2D eigenvalue weighted by atomic mass is 14.0. The molecule has 0 aliphatic carbocycles. The van der Waals surface area contributed by atoms with Gasteiger partial charge in [-0.3, -0.25) is 0 Å². The summed E-state index contributed by atoms with van der Waals surface area (Å²) in [6.45, 7) is 10.6. The molecule has 2 aromatic carbocycles. The quantitative estimate of drug-likeness (QED) is 0.610. The van der Waals surface area contributed by atoms with Crippen molar-refractivity contribution >= 4 is 0 Å². The Hall–Kier alpha value is -1.56. The van der Waals surface area contributed by atoms with Gasteiger partial charge in [-0.15, -0.1) is 0 Å². The fraction of sp³-hybridized carbons (Fsp3) is 0.368. The van der Waals surface area contributed by atoms with E-state index in [1.165, 1.54) is 11.1 Å². The predicted octanol–water partition coefficient (Wildman–Crippen LogP) is 6.09. The third kappa shape index (κ3) is 8.20. The van der Waals surface area contributed by atoms with Crippen LogP contribution in [-0.4, -0.2) is 0 Å². The molecule has 0 unspecified atom stereocenters. The molecule has 0 saturated heterocycles. The first-order valence-electron chi connectivity index (χ1n) is 7.33. The van der Waals surface area contributed by atoms with Crippen LogP contribution in [0.2, 0.25) is 0 Å². The SMILES string of the molecule is CC.CC(C)c1ccccc1.CCc1ccccc1. The second-order valence-electron chi connectivity index (χ2n) is 4.40. The molecule has 0 aromatic heterocycles. The Morgan fingerprint density at radius 1 is 0.737 bits per heavy atom. The minimum Gasteiger partial charge on any atom is -0.0683 e. The van der Waals surface area contributed by atoms with Crippen molar-refractivity contribution in [2.75, 3.05) is 0 Å². The first-order valence-corrected chi connectivity index (χ1v) is 7.33. The van der Waals surface area contributed by atoms with Crippen LogP contribution in [0.3, 0.4) is 0 Å². The van der Waals surface area contributed by atoms with E-state index < -0.39 is 0 Å². The van der Waals surface area contributed by atoms with Crippen LogP contribution in [0.25, 0.3) is 0 Å². The van der Waals surface area contributed by atoms with Crippen LogP contribution in [0.4, 0.5) is 0 Å². The lowest BCUT2D eigenvalue weighted by molar-refractivity contribution is 0.867. The van der Waals surface area contributed by atoms with Crippen molar-refractivity contribution in [1.29, 1.82) is 0 Å². The first-order chi connectivity index (χ1) is 9.24. The van der Waals surface area contributed by atoms with Gasteiger partial charge < -0.3 is 0 Å². The van der Waals surface area contributed by atoms with Gasteiger partial charge in [0.1, 0.15) is 0 Å². The van der Waals surface area contributed by atoms with E-state index in [0.29, 0.717) is 5.92 Å². The molecule has 0 radical (unpaired) electrons. The third-order valence-electron chi connectivity index (χ3n) is 2.72. The first kappa shape index (κ1) is 17.4. The van der Waals surface area contributed by atoms with Gasteiger partial charge in [-0.25, -0.2) is 0 Å². The van der Waals surface area contributed by atoms with E-state index in [-0.39, 0.29) is 0 Å². The molecule has 0 atom stereocenters. The number of aryl methyl sites for hydroxylation is 1. The molecule has 0 fully saturated rings. The van der Waals surface area contributed by atoms with Crippen LogP contribution in [0.1, 0.15) is 51.7 Å². The van der Waals surface area contributed by atoms with Crippen molar-refractivity contribution in [2.24, 2.45) is 0 Å². The van der Waals surface area contributed by atoms with Crippen LogP contribution < -0.4 is 0 Å². The molecular weight excluding hydrogens is 228 g/mol. The molecule has 0 saturated carbocycles. The van der Waals surface area contributed by atoms with Gasteiger partial charge in [0.05, 0.1) is 0 Å². The van der Waals surface area contributed by atoms with Gasteiger partial charge in [0, 0.05) is 0 Å². The van der Waals surface area contributed by atoms with Gasteiger partial charge in [-0.05, 0) is 23.5 Å². The Labute approximate surface area is 119 Å². The molecule has 0 bridgehead atoms. The van der Waals surface area contributed by atoms with E-state index in [1.807, 2.05) is 26.0 Å². The molecule has 0 amide bonds. The molecule has 2 rings (SSSR count).